The zero-order valence-corrected chi connectivity index (χ0v) is 22.7. The number of guanidine groups is 1. The number of benzene rings is 1. The van der Waals surface area contributed by atoms with E-state index in [1.54, 1.807) is 21.1 Å². The molecule has 0 saturated carbocycles. The molecule has 1 saturated heterocycles. The van der Waals surface area contributed by atoms with Gasteiger partial charge in [-0.2, -0.15) is 0 Å². The van der Waals surface area contributed by atoms with E-state index in [-0.39, 0.29) is 36.5 Å². The van der Waals surface area contributed by atoms with Crippen molar-refractivity contribution < 1.29 is 9.53 Å². The molecule has 0 aromatic heterocycles. The molecule has 32 heavy (non-hydrogen) atoms. The maximum absolute atomic E-state index is 11.7. The van der Waals surface area contributed by atoms with Gasteiger partial charge in [0.05, 0.1) is 0 Å². The van der Waals surface area contributed by atoms with Crippen molar-refractivity contribution >= 4 is 35.8 Å². The van der Waals surface area contributed by atoms with E-state index in [1.807, 2.05) is 24.3 Å². The van der Waals surface area contributed by atoms with Gasteiger partial charge in [0.2, 0.25) is 0 Å². The Labute approximate surface area is 211 Å². The fourth-order valence-electron chi connectivity index (χ4n) is 3.84. The second-order valence-corrected chi connectivity index (χ2v) is 8.79. The Morgan fingerprint density at radius 2 is 1.84 bits per heavy atom. The first-order valence-corrected chi connectivity index (χ1v) is 11.5. The van der Waals surface area contributed by atoms with Crippen LogP contribution in [0, 0.1) is 5.92 Å². The Bertz CT molecular complexity index is 703. The minimum Gasteiger partial charge on any atom is -0.484 e. The monoisotopic (exact) mass is 559 g/mol. The number of nitrogens with zero attached hydrogens (tertiary/aromatic N) is 3. The summed E-state index contributed by atoms with van der Waals surface area (Å²) < 4.78 is 5.62. The summed E-state index contributed by atoms with van der Waals surface area (Å²) in [6.07, 6.45) is 5.30. The lowest BCUT2D eigenvalue weighted by atomic mass is 10.0. The van der Waals surface area contributed by atoms with Crippen LogP contribution >= 0.6 is 24.0 Å². The minimum atomic E-state index is -0.0581. The lowest BCUT2D eigenvalue weighted by Gasteiger charge is -2.34. The summed E-state index contributed by atoms with van der Waals surface area (Å²) in [5.41, 5.74) is 1.07. The van der Waals surface area contributed by atoms with E-state index in [1.165, 1.54) is 43.7 Å². The number of aliphatic imine (C=N–C) groups is 1. The van der Waals surface area contributed by atoms with Gasteiger partial charge in [-0.3, -0.25) is 14.7 Å². The molecule has 1 aliphatic heterocycles. The summed E-state index contributed by atoms with van der Waals surface area (Å²) >= 11 is 0. The van der Waals surface area contributed by atoms with Crippen LogP contribution in [0.3, 0.4) is 0 Å². The summed E-state index contributed by atoms with van der Waals surface area (Å²) in [5.74, 6) is 2.02. The Balaban J connectivity index is 0.00000512. The highest BCUT2D eigenvalue weighted by atomic mass is 127. The number of likely N-dealkylation sites (N-methyl/N-ethyl adjacent to an activating group) is 1. The van der Waals surface area contributed by atoms with Gasteiger partial charge in [-0.1, -0.05) is 38.8 Å². The van der Waals surface area contributed by atoms with Crippen molar-refractivity contribution in [3.8, 4) is 5.75 Å². The fraction of sp³-hybridized carbons (Fsp3) is 0.667. The van der Waals surface area contributed by atoms with Crippen molar-refractivity contribution in [1.29, 1.82) is 0 Å². The number of halogens is 1. The van der Waals surface area contributed by atoms with Gasteiger partial charge in [-0.15, -0.1) is 24.0 Å². The summed E-state index contributed by atoms with van der Waals surface area (Å²) in [6.45, 7) is 8.56. The summed E-state index contributed by atoms with van der Waals surface area (Å²) in [4.78, 5) is 20.3. The fourth-order valence-corrected chi connectivity index (χ4v) is 3.84. The first-order chi connectivity index (χ1) is 14.9. The summed E-state index contributed by atoms with van der Waals surface area (Å²) in [6, 6.07) is 8.31. The average molecular weight is 560 g/mol. The molecule has 182 valence electrons. The van der Waals surface area contributed by atoms with Gasteiger partial charge in [0.1, 0.15) is 5.75 Å². The predicted molar refractivity (Wildman–Crippen MR) is 143 cm³/mol. The molecule has 1 amide bonds. The average Bonchev–Trinajstić information content (AvgIpc) is 3.03. The van der Waals surface area contributed by atoms with E-state index in [4.69, 9.17) is 4.74 Å². The topological polar surface area (TPSA) is 69.2 Å². The van der Waals surface area contributed by atoms with Crippen LogP contribution in [-0.4, -0.2) is 75.1 Å². The Morgan fingerprint density at radius 3 is 2.44 bits per heavy atom. The molecule has 0 radical (unpaired) electrons. The lowest BCUT2D eigenvalue weighted by Crippen LogP contribution is -2.49. The smallest absolute Gasteiger partial charge is 0.259 e. The molecule has 0 bridgehead atoms. The number of amides is 1. The van der Waals surface area contributed by atoms with E-state index < -0.39 is 0 Å². The van der Waals surface area contributed by atoms with Gasteiger partial charge < -0.3 is 20.3 Å². The maximum Gasteiger partial charge on any atom is 0.259 e. The first kappa shape index (κ1) is 28.5. The molecule has 0 aliphatic carbocycles. The Kier molecular flexibility index (Phi) is 13.6. The normalized spacial score (nSPS) is 16.0. The first-order valence-electron chi connectivity index (χ1n) is 11.5. The van der Waals surface area contributed by atoms with Crippen LogP contribution in [0.5, 0.6) is 5.75 Å². The SMILES string of the molecule is CN=C(NCc1cccc(OCC(=O)N(C)C)c1)NCC(C(C)C)N1CCCCCC1.I. The van der Waals surface area contributed by atoms with Crippen molar-refractivity contribution in [3.05, 3.63) is 29.8 Å². The predicted octanol–water partition coefficient (Wildman–Crippen LogP) is 3.34. The Hall–Kier alpha value is -1.55. The van der Waals surface area contributed by atoms with Crippen LogP contribution in [-0.2, 0) is 11.3 Å². The van der Waals surface area contributed by atoms with Crippen molar-refractivity contribution in [1.82, 2.24) is 20.4 Å². The highest BCUT2D eigenvalue weighted by Gasteiger charge is 2.22. The van der Waals surface area contributed by atoms with Gasteiger partial charge >= 0.3 is 0 Å². The number of carbonyl (C=O) groups excluding carboxylic acids is 1. The second kappa shape index (κ2) is 15.3. The van der Waals surface area contributed by atoms with E-state index in [9.17, 15) is 4.79 Å². The molecule has 8 heteroatoms. The number of hydrogen-bond donors (Lipinski definition) is 2. The molecular formula is C24H42IN5O2. The molecule has 1 heterocycles. The summed E-state index contributed by atoms with van der Waals surface area (Å²) in [7, 11) is 5.25. The third-order valence-electron chi connectivity index (χ3n) is 5.80. The summed E-state index contributed by atoms with van der Waals surface area (Å²) in [5, 5.41) is 6.92. The molecule has 0 spiro atoms. The van der Waals surface area contributed by atoms with Crippen molar-refractivity contribution in [2.45, 2.75) is 52.1 Å². The Morgan fingerprint density at radius 1 is 1.16 bits per heavy atom. The number of ether oxygens (including phenoxy) is 1. The van der Waals surface area contributed by atoms with Crippen LogP contribution in [0.1, 0.15) is 45.1 Å². The van der Waals surface area contributed by atoms with E-state index in [2.05, 4.69) is 34.4 Å². The van der Waals surface area contributed by atoms with Gasteiger partial charge in [-0.05, 0) is 49.5 Å². The molecular weight excluding hydrogens is 517 g/mol. The zero-order chi connectivity index (χ0) is 22.6. The van der Waals surface area contributed by atoms with Crippen LogP contribution in [0.25, 0.3) is 0 Å². The third kappa shape index (κ3) is 9.94. The minimum absolute atomic E-state index is 0. The van der Waals surface area contributed by atoms with E-state index in [0.29, 0.717) is 24.3 Å². The molecule has 7 nitrogen and oxygen atoms in total. The quantitative estimate of drug-likeness (QED) is 0.276. The number of likely N-dealkylation sites (tertiary alicyclic amines) is 1. The number of rotatable bonds is 9. The number of hydrogen-bond acceptors (Lipinski definition) is 4. The highest BCUT2D eigenvalue weighted by molar-refractivity contribution is 14.0. The van der Waals surface area contributed by atoms with Crippen molar-refractivity contribution in [3.63, 3.8) is 0 Å². The molecule has 2 rings (SSSR count). The number of nitrogens with one attached hydrogen (secondary N) is 2. The van der Waals surface area contributed by atoms with Crippen LogP contribution in [0.4, 0.5) is 0 Å². The van der Waals surface area contributed by atoms with Gasteiger partial charge in [0.25, 0.3) is 5.91 Å². The zero-order valence-electron chi connectivity index (χ0n) is 20.4. The van der Waals surface area contributed by atoms with Gasteiger partial charge in [0.15, 0.2) is 12.6 Å². The third-order valence-corrected chi connectivity index (χ3v) is 5.80. The molecule has 1 atom stereocenters. The van der Waals surface area contributed by atoms with E-state index in [0.717, 1.165) is 18.1 Å². The number of carbonyl (C=O) groups is 1. The van der Waals surface area contributed by atoms with Gasteiger partial charge in [-0.25, -0.2) is 0 Å². The molecule has 1 unspecified atom stereocenters. The standard InChI is InChI=1S/C24H41N5O2.HI/c1-19(2)22(29-13-8-6-7-9-14-29)17-27-24(25-3)26-16-20-11-10-12-21(15-20)31-18-23(30)28(4)5;/h10-12,15,19,22H,6-9,13-14,16-18H2,1-5H3,(H2,25,26,27);1H. The van der Waals surface area contributed by atoms with Crippen molar-refractivity contribution in [2.75, 3.05) is 47.4 Å². The molecule has 1 aromatic rings. The van der Waals surface area contributed by atoms with Crippen LogP contribution < -0.4 is 15.4 Å². The second-order valence-electron chi connectivity index (χ2n) is 8.79. The maximum atomic E-state index is 11.7. The lowest BCUT2D eigenvalue weighted by molar-refractivity contribution is -0.130. The van der Waals surface area contributed by atoms with Crippen molar-refractivity contribution in [2.24, 2.45) is 10.9 Å². The molecule has 1 aliphatic rings. The molecule has 1 fully saturated rings. The van der Waals surface area contributed by atoms with E-state index >= 15 is 0 Å². The molecule has 1 aromatic carbocycles. The largest absolute Gasteiger partial charge is 0.484 e. The van der Waals surface area contributed by atoms with Crippen LogP contribution in [0.2, 0.25) is 0 Å². The molecule has 2 N–H and O–H groups in total. The van der Waals surface area contributed by atoms with Crippen LogP contribution in [0.15, 0.2) is 29.3 Å². The van der Waals surface area contributed by atoms with Gasteiger partial charge in [0, 0.05) is 40.3 Å². The highest BCUT2D eigenvalue weighted by Crippen LogP contribution is 2.17.